The lowest BCUT2D eigenvalue weighted by atomic mass is 10.2. The molecule has 150 valence electrons. The van der Waals surface area contributed by atoms with Crippen LogP contribution in [0.2, 0.25) is 0 Å². The van der Waals surface area contributed by atoms with Crippen molar-refractivity contribution in [1.82, 2.24) is 5.32 Å². The van der Waals surface area contributed by atoms with Crippen molar-refractivity contribution < 1.29 is 28.8 Å². The second-order valence-electron chi connectivity index (χ2n) is 6.78. The molecular formula is C21H25NO6. The molecule has 0 aromatic heterocycles. The van der Waals surface area contributed by atoms with Crippen molar-refractivity contribution in [2.75, 3.05) is 39.5 Å². The lowest BCUT2D eigenvalue weighted by molar-refractivity contribution is 0.0777. The van der Waals surface area contributed by atoms with Crippen molar-refractivity contribution in [2.45, 2.75) is 18.6 Å². The number of hydrogen-bond donors (Lipinski definition) is 2. The van der Waals surface area contributed by atoms with Gasteiger partial charge in [-0.3, -0.25) is 0 Å². The van der Waals surface area contributed by atoms with Crippen LogP contribution >= 0.6 is 0 Å². The Labute approximate surface area is 164 Å². The van der Waals surface area contributed by atoms with Gasteiger partial charge in [-0.25, -0.2) is 0 Å². The minimum absolute atomic E-state index is 0.0928. The molecule has 7 nitrogen and oxygen atoms in total. The molecule has 0 aliphatic carbocycles. The fraction of sp³-hybridized carbons (Fsp3) is 0.429. The maximum Gasteiger partial charge on any atom is 0.164 e. The number of aliphatic hydroxyl groups excluding tert-OH is 1. The molecule has 0 spiro atoms. The van der Waals surface area contributed by atoms with E-state index in [0.717, 1.165) is 23.7 Å². The molecule has 0 saturated heterocycles. The summed E-state index contributed by atoms with van der Waals surface area (Å²) in [6.45, 7) is 2.91. The highest BCUT2D eigenvalue weighted by Crippen LogP contribution is 2.33. The minimum atomic E-state index is -0.646. The molecule has 0 amide bonds. The summed E-state index contributed by atoms with van der Waals surface area (Å²) in [5, 5.41) is 13.4. The largest absolute Gasteiger partial charge is 0.491 e. The van der Waals surface area contributed by atoms with Crippen LogP contribution in [0.3, 0.4) is 0 Å². The van der Waals surface area contributed by atoms with E-state index in [1.165, 1.54) is 0 Å². The van der Waals surface area contributed by atoms with Gasteiger partial charge in [0.05, 0.1) is 13.2 Å². The lowest BCUT2D eigenvalue weighted by Crippen LogP contribution is -2.41. The maximum absolute atomic E-state index is 10.2. The fourth-order valence-corrected chi connectivity index (χ4v) is 3.06. The van der Waals surface area contributed by atoms with Crippen molar-refractivity contribution >= 4 is 0 Å². The molecule has 2 aromatic rings. The molecule has 0 bridgehead atoms. The Hall–Kier alpha value is -2.64. The van der Waals surface area contributed by atoms with Gasteiger partial charge in [0.2, 0.25) is 0 Å². The Morgan fingerprint density at radius 1 is 1.00 bits per heavy atom. The first kappa shape index (κ1) is 18.7. The van der Waals surface area contributed by atoms with E-state index in [4.69, 9.17) is 23.7 Å². The highest BCUT2D eigenvalue weighted by molar-refractivity contribution is 5.46. The quantitative estimate of drug-likeness (QED) is 0.753. The van der Waals surface area contributed by atoms with Crippen molar-refractivity contribution in [3.05, 3.63) is 42.5 Å². The van der Waals surface area contributed by atoms with E-state index < -0.39 is 6.10 Å². The van der Waals surface area contributed by atoms with Gasteiger partial charge in [0.15, 0.2) is 23.0 Å². The summed E-state index contributed by atoms with van der Waals surface area (Å²) in [5.74, 6) is 3.56. The number of aliphatic hydroxyl groups is 1. The average Bonchev–Trinajstić information content (AvgIpc) is 2.97. The molecule has 2 aliphatic heterocycles. The Balaban J connectivity index is 1.18. The second-order valence-corrected chi connectivity index (χ2v) is 6.78. The minimum Gasteiger partial charge on any atom is -0.491 e. The van der Waals surface area contributed by atoms with Gasteiger partial charge in [-0.2, -0.15) is 0 Å². The summed E-state index contributed by atoms with van der Waals surface area (Å²) in [5.41, 5.74) is 0. The van der Waals surface area contributed by atoms with Crippen LogP contribution in [-0.2, 0) is 0 Å². The third-order valence-corrected chi connectivity index (χ3v) is 4.48. The summed E-state index contributed by atoms with van der Waals surface area (Å²) >= 11 is 0. The van der Waals surface area contributed by atoms with Gasteiger partial charge in [-0.15, -0.1) is 0 Å². The standard InChI is InChI=1S/C21H25NO6/c23-15(11-22-12-17-14-27-18-4-1-2-5-20(18)28-17)13-26-16-6-7-19-21(10-16)25-9-3-8-24-19/h1-2,4-7,10,15,17,22-23H,3,8-9,11-14H2. The van der Waals surface area contributed by atoms with Gasteiger partial charge < -0.3 is 34.1 Å². The second kappa shape index (κ2) is 9.03. The summed E-state index contributed by atoms with van der Waals surface area (Å²) in [4.78, 5) is 0. The van der Waals surface area contributed by atoms with E-state index in [0.29, 0.717) is 44.4 Å². The molecule has 28 heavy (non-hydrogen) atoms. The van der Waals surface area contributed by atoms with Crippen LogP contribution in [0.1, 0.15) is 6.42 Å². The SMILES string of the molecule is OC(CNCC1COc2ccccc2O1)COc1ccc2c(c1)OCCCO2. The summed E-state index contributed by atoms with van der Waals surface area (Å²) in [6, 6.07) is 13.1. The zero-order valence-corrected chi connectivity index (χ0v) is 15.6. The van der Waals surface area contributed by atoms with E-state index in [9.17, 15) is 5.11 Å². The number of ether oxygens (including phenoxy) is 5. The van der Waals surface area contributed by atoms with Crippen LogP contribution in [0, 0.1) is 0 Å². The smallest absolute Gasteiger partial charge is 0.164 e. The zero-order chi connectivity index (χ0) is 19.2. The van der Waals surface area contributed by atoms with Gasteiger partial charge in [0, 0.05) is 25.6 Å². The Morgan fingerprint density at radius 3 is 2.68 bits per heavy atom. The molecular weight excluding hydrogens is 362 g/mol. The van der Waals surface area contributed by atoms with Crippen molar-refractivity contribution in [3.63, 3.8) is 0 Å². The normalized spacial score (nSPS) is 18.8. The van der Waals surface area contributed by atoms with Gasteiger partial charge in [-0.05, 0) is 24.3 Å². The number of benzene rings is 2. The van der Waals surface area contributed by atoms with Crippen LogP contribution in [0.25, 0.3) is 0 Å². The third-order valence-electron chi connectivity index (χ3n) is 4.48. The third kappa shape index (κ3) is 4.79. The monoisotopic (exact) mass is 387 g/mol. The fourth-order valence-electron chi connectivity index (χ4n) is 3.06. The highest BCUT2D eigenvalue weighted by Gasteiger charge is 2.20. The number of fused-ring (bicyclic) bond motifs is 2. The molecule has 0 saturated carbocycles. The summed E-state index contributed by atoms with van der Waals surface area (Å²) in [7, 11) is 0. The molecule has 2 aromatic carbocycles. The van der Waals surface area contributed by atoms with E-state index in [1.807, 2.05) is 36.4 Å². The molecule has 2 aliphatic rings. The summed E-state index contributed by atoms with van der Waals surface area (Å²) < 4.78 is 28.5. The molecule has 4 rings (SSSR count). The molecule has 2 heterocycles. The first-order valence-corrected chi connectivity index (χ1v) is 9.57. The Bertz CT molecular complexity index is 783. The van der Waals surface area contributed by atoms with E-state index >= 15 is 0 Å². The predicted molar refractivity (Wildman–Crippen MR) is 103 cm³/mol. The van der Waals surface area contributed by atoms with Crippen LogP contribution < -0.4 is 29.0 Å². The number of rotatable bonds is 7. The molecule has 7 heteroatoms. The van der Waals surface area contributed by atoms with Crippen molar-refractivity contribution in [1.29, 1.82) is 0 Å². The maximum atomic E-state index is 10.2. The van der Waals surface area contributed by atoms with Crippen LogP contribution in [0.5, 0.6) is 28.7 Å². The first-order chi connectivity index (χ1) is 13.8. The molecule has 2 N–H and O–H groups in total. The van der Waals surface area contributed by atoms with E-state index in [2.05, 4.69) is 5.32 Å². The number of nitrogens with one attached hydrogen (secondary N) is 1. The van der Waals surface area contributed by atoms with Crippen LogP contribution in [0.15, 0.2) is 42.5 Å². The van der Waals surface area contributed by atoms with E-state index in [1.54, 1.807) is 6.07 Å². The summed E-state index contributed by atoms with van der Waals surface area (Å²) in [6.07, 6.45) is 0.119. The van der Waals surface area contributed by atoms with Crippen LogP contribution in [-0.4, -0.2) is 56.8 Å². The topological polar surface area (TPSA) is 78.4 Å². The van der Waals surface area contributed by atoms with Gasteiger partial charge in [0.1, 0.15) is 31.2 Å². The average molecular weight is 387 g/mol. The first-order valence-electron chi connectivity index (χ1n) is 9.57. The zero-order valence-electron chi connectivity index (χ0n) is 15.6. The molecule has 2 atom stereocenters. The van der Waals surface area contributed by atoms with Crippen molar-refractivity contribution in [3.8, 4) is 28.7 Å². The van der Waals surface area contributed by atoms with Gasteiger partial charge in [0.25, 0.3) is 0 Å². The van der Waals surface area contributed by atoms with E-state index in [-0.39, 0.29) is 12.7 Å². The van der Waals surface area contributed by atoms with Gasteiger partial charge in [-0.1, -0.05) is 12.1 Å². The number of para-hydroxylation sites is 2. The Kier molecular flexibility index (Phi) is 6.04. The van der Waals surface area contributed by atoms with Gasteiger partial charge >= 0.3 is 0 Å². The van der Waals surface area contributed by atoms with Crippen molar-refractivity contribution in [2.24, 2.45) is 0 Å². The molecule has 2 unspecified atom stereocenters. The molecule has 0 radical (unpaired) electrons. The molecule has 0 fully saturated rings. The number of hydrogen-bond acceptors (Lipinski definition) is 7. The lowest BCUT2D eigenvalue weighted by Gasteiger charge is -2.27. The highest BCUT2D eigenvalue weighted by atomic mass is 16.6. The predicted octanol–water partition coefficient (Wildman–Crippen LogP) is 2.02. The van der Waals surface area contributed by atoms with Crippen LogP contribution in [0.4, 0.5) is 0 Å². The Morgan fingerprint density at radius 2 is 1.79 bits per heavy atom.